The minimum atomic E-state index is -0.263. The first-order valence-electron chi connectivity index (χ1n) is 8.89. The monoisotopic (exact) mass is 396 g/mol. The van der Waals surface area contributed by atoms with Crippen LogP contribution in [0.4, 0.5) is 5.69 Å². The standard InChI is InChI=1S/C20H20N4OS2/c1-14(26-20-23-21-13-24(20)15-11-12-15)19(25)22-17-9-5-6-10-18(17)27-16-7-3-2-4-8-16/h2-10,13-15H,11-12H2,1H3,(H,22,25). The predicted octanol–water partition coefficient (Wildman–Crippen LogP) is 4.88. The van der Waals surface area contributed by atoms with Gasteiger partial charge in [-0.2, -0.15) is 0 Å². The summed E-state index contributed by atoms with van der Waals surface area (Å²) < 4.78 is 2.08. The van der Waals surface area contributed by atoms with Crippen molar-refractivity contribution >= 4 is 35.1 Å². The summed E-state index contributed by atoms with van der Waals surface area (Å²) in [5.41, 5.74) is 0.826. The van der Waals surface area contributed by atoms with Crippen molar-refractivity contribution < 1.29 is 4.79 Å². The summed E-state index contributed by atoms with van der Waals surface area (Å²) in [6, 6.07) is 18.5. The number of carbonyl (C=O) groups excluding carboxylic acids is 1. The number of thioether (sulfide) groups is 1. The first kappa shape index (κ1) is 18.1. The molecule has 4 rings (SSSR count). The van der Waals surface area contributed by atoms with E-state index in [2.05, 4.69) is 32.2 Å². The maximum absolute atomic E-state index is 12.7. The maximum Gasteiger partial charge on any atom is 0.237 e. The van der Waals surface area contributed by atoms with Gasteiger partial charge in [-0.05, 0) is 44.0 Å². The molecule has 1 unspecified atom stereocenters. The molecule has 5 nitrogen and oxygen atoms in total. The number of anilines is 1. The fraction of sp³-hybridized carbons (Fsp3) is 0.250. The van der Waals surface area contributed by atoms with Crippen molar-refractivity contribution in [2.45, 2.75) is 46.0 Å². The molecule has 1 heterocycles. The average molecular weight is 397 g/mol. The number of benzene rings is 2. The summed E-state index contributed by atoms with van der Waals surface area (Å²) >= 11 is 3.09. The smallest absolute Gasteiger partial charge is 0.237 e. The number of amides is 1. The Hall–Kier alpha value is -2.25. The third-order valence-electron chi connectivity index (χ3n) is 4.25. The van der Waals surface area contributed by atoms with E-state index in [1.807, 2.05) is 49.4 Å². The second-order valence-corrected chi connectivity index (χ2v) is 8.84. The molecule has 138 valence electrons. The minimum absolute atomic E-state index is 0.0357. The van der Waals surface area contributed by atoms with E-state index in [1.165, 1.54) is 11.8 Å². The van der Waals surface area contributed by atoms with Gasteiger partial charge in [0.1, 0.15) is 6.33 Å². The van der Waals surface area contributed by atoms with Gasteiger partial charge in [-0.3, -0.25) is 4.79 Å². The zero-order valence-corrected chi connectivity index (χ0v) is 16.5. The molecule has 0 spiro atoms. The minimum Gasteiger partial charge on any atom is -0.324 e. The zero-order valence-electron chi connectivity index (χ0n) is 14.9. The third kappa shape index (κ3) is 4.54. The molecule has 1 atom stereocenters. The van der Waals surface area contributed by atoms with E-state index >= 15 is 0 Å². The molecule has 1 aliphatic rings. The van der Waals surface area contributed by atoms with Crippen LogP contribution in [0.15, 0.2) is 75.9 Å². The number of nitrogens with one attached hydrogen (secondary N) is 1. The molecule has 1 saturated carbocycles. The summed E-state index contributed by atoms with van der Waals surface area (Å²) in [5, 5.41) is 11.8. The number of rotatable bonds is 7. The lowest BCUT2D eigenvalue weighted by molar-refractivity contribution is -0.115. The van der Waals surface area contributed by atoms with E-state index in [0.717, 1.165) is 33.5 Å². The molecule has 0 bridgehead atoms. The molecular weight excluding hydrogens is 376 g/mol. The zero-order chi connectivity index (χ0) is 18.6. The van der Waals surface area contributed by atoms with Gasteiger partial charge < -0.3 is 9.88 Å². The first-order valence-corrected chi connectivity index (χ1v) is 10.6. The van der Waals surface area contributed by atoms with Crippen LogP contribution < -0.4 is 5.32 Å². The van der Waals surface area contributed by atoms with E-state index in [0.29, 0.717) is 6.04 Å². The molecule has 3 aromatic rings. The molecule has 0 aliphatic heterocycles. The SMILES string of the molecule is CC(Sc1nncn1C1CC1)C(=O)Nc1ccccc1Sc1ccccc1. The van der Waals surface area contributed by atoms with Crippen LogP contribution in [0.3, 0.4) is 0 Å². The van der Waals surface area contributed by atoms with Gasteiger partial charge in [0.05, 0.1) is 10.9 Å². The molecular formula is C20H20N4OS2. The van der Waals surface area contributed by atoms with Crippen LogP contribution in [-0.2, 0) is 4.79 Å². The second-order valence-electron chi connectivity index (χ2n) is 6.41. The predicted molar refractivity (Wildman–Crippen MR) is 109 cm³/mol. The second kappa shape index (κ2) is 8.19. The number of aromatic nitrogens is 3. The van der Waals surface area contributed by atoms with Crippen molar-refractivity contribution in [3.63, 3.8) is 0 Å². The highest BCUT2D eigenvalue weighted by Crippen LogP contribution is 2.38. The van der Waals surface area contributed by atoms with Crippen LogP contribution in [0, 0.1) is 0 Å². The van der Waals surface area contributed by atoms with Gasteiger partial charge >= 0.3 is 0 Å². The van der Waals surface area contributed by atoms with Crippen molar-refractivity contribution in [3.8, 4) is 0 Å². The van der Waals surface area contributed by atoms with Gasteiger partial charge in [0.2, 0.25) is 5.91 Å². The highest BCUT2D eigenvalue weighted by Gasteiger charge is 2.28. The number of hydrogen-bond acceptors (Lipinski definition) is 5. The first-order chi connectivity index (χ1) is 13.2. The molecule has 1 fully saturated rings. The Kier molecular flexibility index (Phi) is 5.50. The number of nitrogens with zero attached hydrogens (tertiary/aromatic N) is 3. The Balaban J connectivity index is 1.43. The summed E-state index contributed by atoms with van der Waals surface area (Å²) in [6.45, 7) is 1.90. The van der Waals surface area contributed by atoms with Gasteiger partial charge in [-0.25, -0.2) is 0 Å². The Labute approximate surface area is 167 Å². The van der Waals surface area contributed by atoms with Crippen molar-refractivity contribution in [1.82, 2.24) is 14.8 Å². The molecule has 2 aromatic carbocycles. The molecule has 0 radical (unpaired) electrons. The fourth-order valence-electron chi connectivity index (χ4n) is 2.64. The normalized spacial score (nSPS) is 14.7. The third-order valence-corrected chi connectivity index (χ3v) is 6.40. The lowest BCUT2D eigenvalue weighted by Gasteiger charge is -2.14. The van der Waals surface area contributed by atoms with E-state index in [1.54, 1.807) is 18.1 Å². The molecule has 1 aromatic heterocycles. The van der Waals surface area contributed by atoms with Crippen LogP contribution >= 0.6 is 23.5 Å². The van der Waals surface area contributed by atoms with Crippen LogP contribution in [0.2, 0.25) is 0 Å². The quantitative estimate of drug-likeness (QED) is 0.577. The summed E-state index contributed by atoms with van der Waals surface area (Å²) in [7, 11) is 0. The van der Waals surface area contributed by atoms with Gasteiger partial charge in [-0.15, -0.1) is 10.2 Å². The lowest BCUT2D eigenvalue weighted by Crippen LogP contribution is -2.23. The Morgan fingerprint density at radius 3 is 2.67 bits per heavy atom. The fourth-order valence-corrected chi connectivity index (χ4v) is 4.46. The molecule has 1 aliphatic carbocycles. The van der Waals surface area contributed by atoms with Crippen LogP contribution in [0.1, 0.15) is 25.8 Å². The van der Waals surface area contributed by atoms with E-state index in [-0.39, 0.29) is 11.2 Å². The van der Waals surface area contributed by atoms with Crippen LogP contribution in [0.5, 0.6) is 0 Å². The number of carbonyl (C=O) groups is 1. The van der Waals surface area contributed by atoms with Crippen molar-refractivity contribution in [2.24, 2.45) is 0 Å². The van der Waals surface area contributed by atoms with Gasteiger partial charge in [0.15, 0.2) is 5.16 Å². The van der Waals surface area contributed by atoms with Crippen molar-refractivity contribution in [1.29, 1.82) is 0 Å². The highest BCUT2D eigenvalue weighted by molar-refractivity contribution is 8.00. The largest absolute Gasteiger partial charge is 0.324 e. The van der Waals surface area contributed by atoms with Crippen LogP contribution in [-0.4, -0.2) is 25.9 Å². The summed E-state index contributed by atoms with van der Waals surface area (Å²) in [5.74, 6) is -0.0357. The molecule has 1 amide bonds. The lowest BCUT2D eigenvalue weighted by atomic mass is 10.3. The summed E-state index contributed by atoms with van der Waals surface area (Å²) in [6.07, 6.45) is 4.09. The Morgan fingerprint density at radius 2 is 1.89 bits per heavy atom. The highest BCUT2D eigenvalue weighted by atomic mass is 32.2. The molecule has 0 saturated heterocycles. The Bertz CT molecular complexity index is 924. The summed E-state index contributed by atoms with van der Waals surface area (Å²) in [4.78, 5) is 14.9. The van der Waals surface area contributed by atoms with E-state index in [9.17, 15) is 4.79 Å². The van der Waals surface area contributed by atoms with Gasteiger partial charge in [0.25, 0.3) is 0 Å². The number of para-hydroxylation sites is 1. The van der Waals surface area contributed by atoms with Crippen molar-refractivity contribution in [2.75, 3.05) is 5.32 Å². The molecule has 7 heteroatoms. The maximum atomic E-state index is 12.7. The molecule has 27 heavy (non-hydrogen) atoms. The van der Waals surface area contributed by atoms with E-state index < -0.39 is 0 Å². The molecule has 1 N–H and O–H groups in total. The Morgan fingerprint density at radius 1 is 1.15 bits per heavy atom. The van der Waals surface area contributed by atoms with Crippen LogP contribution in [0.25, 0.3) is 0 Å². The van der Waals surface area contributed by atoms with E-state index in [4.69, 9.17) is 0 Å². The van der Waals surface area contributed by atoms with Gasteiger partial charge in [-0.1, -0.05) is 53.9 Å². The van der Waals surface area contributed by atoms with Crippen molar-refractivity contribution in [3.05, 3.63) is 60.9 Å². The topological polar surface area (TPSA) is 59.8 Å². The number of hydrogen-bond donors (Lipinski definition) is 1. The van der Waals surface area contributed by atoms with Gasteiger partial charge in [0, 0.05) is 15.8 Å². The average Bonchev–Trinajstić information content (AvgIpc) is 3.43.